The van der Waals surface area contributed by atoms with E-state index < -0.39 is 0 Å². The quantitative estimate of drug-likeness (QED) is 0.828. The van der Waals surface area contributed by atoms with Crippen molar-refractivity contribution in [2.75, 3.05) is 18.4 Å². The molecule has 2 fully saturated rings. The van der Waals surface area contributed by atoms with E-state index in [1.54, 1.807) is 6.20 Å². The van der Waals surface area contributed by atoms with Crippen LogP contribution in [0.2, 0.25) is 0 Å². The molecule has 0 aromatic carbocycles. The van der Waals surface area contributed by atoms with Crippen LogP contribution in [0, 0.1) is 5.92 Å². The zero-order valence-corrected chi connectivity index (χ0v) is 17.3. The highest BCUT2D eigenvalue weighted by molar-refractivity contribution is 6.06. The third-order valence-electron chi connectivity index (χ3n) is 6.57. The van der Waals surface area contributed by atoms with Crippen molar-refractivity contribution in [1.29, 1.82) is 0 Å². The Bertz CT molecular complexity index is 818. The van der Waals surface area contributed by atoms with Gasteiger partial charge in [-0.2, -0.15) is 5.10 Å². The third-order valence-corrected chi connectivity index (χ3v) is 6.57. The molecule has 4 rings (SSSR count). The number of amides is 1. The van der Waals surface area contributed by atoms with Gasteiger partial charge in [0.15, 0.2) is 5.65 Å². The molecular formula is C22H33N5O. The molecule has 1 atom stereocenters. The van der Waals surface area contributed by atoms with Gasteiger partial charge in [-0.1, -0.05) is 19.3 Å². The van der Waals surface area contributed by atoms with Gasteiger partial charge in [0, 0.05) is 31.9 Å². The molecule has 1 unspecified atom stereocenters. The number of rotatable bonds is 5. The SMILES string of the molecule is CCn1ncc2c(NC(C)C3CCCCC3)c(C(=O)N3CCCCC3)cnc21. The summed E-state index contributed by atoms with van der Waals surface area (Å²) < 4.78 is 1.90. The number of aryl methyl sites for hydroxylation is 1. The minimum absolute atomic E-state index is 0.108. The Morgan fingerprint density at radius 1 is 1.14 bits per heavy atom. The van der Waals surface area contributed by atoms with E-state index in [4.69, 9.17) is 0 Å². The fraction of sp³-hybridized carbons (Fsp3) is 0.682. The topological polar surface area (TPSA) is 63.1 Å². The molecule has 2 aromatic rings. The van der Waals surface area contributed by atoms with Crippen LogP contribution in [-0.2, 0) is 6.54 Å². The number of hydrogen-bond donors (Lipinski definition) is 1. The number of carbonyl (C=O) groups excluding carboxylic acids is 1. The van der Waals surface area contributed by atoms with Gasteiger partial charge in [0.2, 0.25) is 0 Å². The fourth-order valence-corrected chi connectivity index (χ4v) is 4.82. The number of nitrogens with zero attached hydrogens (tertiary/aromatic N) is 4. The Morgan fingerprint density at radius 3 is 2.57 bits per heavy atom. The van der Waals surface area contributed by atoms with E-state index in [-0.39, 0.29) is 5.91 Å². The van der Waals surface area contributed by atoms with Crippen molar-refractivity contribution in [1.82, 2.24) is 19.7 Å². The van der Waals surface area contributed by atoms with Crippen LogP contribution < -0.4 is 5.32 Å². The Balaban J connectivity index is 1.69. The Morgan fingerprint density at radius 2 is 1.86 bits per heavy atom. The summed E-state index contributed by atoms with van der Waals surface area (Å²) >= 11 is 0. The molecule has 6 nitrogen and oxygen atoms in total. The molecule has 0 spiro atoms. The van der Waals surface area contributed by atoms with Crippen molar-refractivity contribution in [3.8, 4) is 0 Å². The van der Waals surface area contributed by atoms with E-state index in [9.17, 15) is 4.79 Å². The first-order chi connectivity index (χ1) is 13.7. The first-order valence-corrected chi connectivity index (χ1v) is 11.1. The molecule has 2 aromatic heterocycles. The Kier molecular flexibility index (Phi) is 5.83. The second kappa shape index (κ2) is 8.50. The summed E-state index contributed by atoms with van der Waals surface area (Å²) in [4.78, 5) is 19.9. The van der Waals surface area contributed by atoms with Gasteiger partial charge in [0.25, 0.3) is 5.91 Å². The summed E-state index contributed by atoms with van der Waals surface area (Å²) in [5, 5.41) is 9.20. The maximum Gasteiger partial charge on any atom is 0.257 e. The number of aromatic nitrogens is 3. The highest BCUT2D eigenvalue weighted by Gasteiger charge is 2.26. The van der Waals surface area contributed by atoms with Gasteiger partial charge in [-0.15, -0.1) is 0 Å². The molecule has 1 aliphatic heterocycles. The molecule has 0 radical (unpaired) electrons. The normalized spacial score (nSPS) is 19.7. The molecule has 152 valence electrons. The first-order valence-electron chi connectivity index (χ1n) is 11.1. The number of nitrogens with one attached hydrogen (secondary N) is 1. The Hall–Kier alpha value is -2.11. The molecule has 1 amide bonds. The zero-order valence-electron chi connectivity index (χ0n) is 17.3. The number of likely N-dealkylation sites (tertiary alicyclic amines) is 1. The smallest absolute Gasteiger partial charge is 0.257 e. The van der Waals surface area contributed by atoms with Crippen molar-refractivity contribution < 1.29 is 4.79 Å². The molecular weight excluding hydrogens is 350 g/mol. The van der Waals surface area contributed by atoms with E-state index in [2.05, 4.69) is 29.2 Å². The molecule has 3 heterocycles. The van der Waals surface area contributed by atoms with E-state index in [1.165, 1.54) is 38.5 Å². The average Bonchev–Trinajstić information content (AvgIpc) is 3.18. The number of pyridine rings is 1. The van der Waals surface area contributed by atoms with Gasteiger partial charge in [-0.3, -0.25) is 4.79 Å². The van der Waals surface area contributed by atoms with Crippen LogP contribution in [0.1, 0.15) is 75.6 Å². The maximum atomic E-state index is 13.3. The maximum absolute atomic E-state index is 13.3. The predicted octanol–water partition coefficient (Wildman–Crippen LogP) is 4.46. The number of piperidine rings is 1. The van der Waals surface area contributed by atoms with Crippen molar-refractivity contribution >= 4 is 22.6 Å². The zero-order chi connectivity index (χ0) is 19.5. The van der Waals surface area contributed by atoms with Crippen LogP contribution in [0.25, 0.3) is 11.0 Å². The molecule has 6 heteroatoms. The minimum atomic E-state index is 0.108. The lowest BCUT2D eigenvalue weighted by molar-refractivity contribution is 0.0725. The predicted molar refractivity (Wildman–Crippen MR) is 113 cm³/mol. The van der Waals surface area contributed by atoms with Crippen LogP contribution in [0.5, 0.6) is 0 Å². The summed E-state index contributed by atoms with van der Waals surface area (Å²) in [7, 11) is 0. The molecule has 0 bridgehead atoms. The summed E-state index contributed by atoms with van der Waals surface area (Å²) in [5.74, 6) is 0.771. The van der Waals surface area contributed by atoms with Crippen molar-refractivity contribution in [3.05, 3.63) is 18.0 Å². The lowest BCUT2D eigenvalue weighted by Gasteiger charge is -2.31. The van der Waals surface area contributed by atoms with Gasteiger partial charge in [0.05, 0.1) is 22.8 Å². The highest BCUT2D eigenvalue weighted by Crippen LogP contribution is 2.32. The van der Waals surface area contributed by atoms with E-state index in [0.717, 1.165) is 49.2 Å². The van der Waals surface area contributed by atoms with E-state index in [0.29, 0.717) is 17.5 Å². The third kappa shape index (κ3) is 3.74. The van der Waals surface area contributed by atoms with Crippen LogP contribution in [0.3, 0.4) is 0 Å². The lowest BCUT2D eigenvalue weighted by atomic mass is 9.84. The molecule has 28 heavy (non-hydrogen) atoms. The molecule has 1 aliphatic carbocycles. The number of carbonyl (C=O) groups is 1. The van der Waals surface area contributed by atoms with Crippen molar-refractivity contribution in [2.24, 2.45) is 5.92 Å². The average molecular weight is 384 g/mol. The summed E-state index contributed by atoms with van der Waals surface area (Å²) in [6, 6.07) is 0.337. The molecule has 2 aliphatic rings. The molecule has 1 saturated carbocycles. The second-order valence-electron chi connectivity index (χ2n) is 8.43. The number of hydrogen-bond acceptors (Lipinski definition) is 4. The highest BCUT2D eigenvalue weighted by atomic mass is 16.2. The van der Waals surface area contributed by atoms with Gasteiger partial charge >= 0.3 is 0 Å². The van der Waals surface area contributed by atoms with E-state index >= 15 is 0 Å². The van der Waals surface area contributed by atoms with Crippen molar-refractivity contribution in [3.63, 3.8) is 0 Å². The summed E-state index contributed by atoms with van der Waals surface area (Å²) in [6.07, 6.45) is 13.6. The summed E-state index contributed by atoms with van der Waals surface area (Å²) in [6.45, 7) is 6.80. The van der Waals surface area contributed by atoms with Crippen molar-refractivity contribution in [2.45, 2.75) is 77.8 Å². The number of anilines is 1. The van der Waals surface area contributed by atoms with Crippen LogP contribution in [0.15, 0.2) is 12.4 Å². The van der Waals surface area contributed by atoms with Gasteiger partial charge in [-0.05, 0) is 51.9 Å². The minimum Gasteiger partial charge on any atom is -0.381 e. The fourth-order valence-electron chi connectivity index (χ4n) is 4.82. The first kappa shape index (κ1) is 19.2. The van der Waals surface area contributed by atoms with Gasteiger partial charge in [-0.25, -0.2) is 9.67 Å². The Labute approximate surface area is 167 Å². The lowest BCUT2D eigenvalue weighted by Crippen LogP contribution is -2.36. The van der Waals surface area contributed by atoms with Crippen LogP contribution >= 0.6 is 0 Å². The summed E-state index contributed by atoms with van der Waals surface area (Å²) in [5.41, 5.74) is 2.49. The van der Waals surface area contributed by atoms with Crippen LogP contribution in [0.4, 0.5) is 5.69 Å². The van der Waals surface area contributed by atoms with Gasteiger partial charge < -0.3 is 10.2 Å². The van der Waals surface area contributed by atoms with Gasteiger partial charge in [0.1, 0.15) is 0 Å². The second-order valence-corrected chi connectivity index (χ2v) is 8.43. The molecule has 1 saturated heterocycles. The van der Waals surface area contributed by atoms with E-state index in [1.807, 2.05) is 15.8 Å². The van der Waals surface area contributed by atoms with Crippen LogP contribution in [-0.4, -0.2) is 44.7 Å². The molecule has 1 N–H and O–H groups in total. The number of fused-ring (bicyclic) bond motifs is 1. The monoisotopic (exact) mass is 383 g/mol. The standard InChI is InChI=1S/C22H33N5O/c1-3-27-21-18(15-24-27)20(25-16(2)17-10-6-4-7-11-17)19(14-23-21)22(28)26-12-8-5-9-13-26/h14-17H,3-13H2,1-2H3,(H,23,25). The largest absolute Gasteiger partial charge is 0.381 e.